The summed E-state index contributed by atoms with van der Waals surface area (Å²) in [4.78, 5) is 0. The highest BCUT2D eigenvalue weighted by Crippen LogP contribution is 2.25. The molecule has 0 aliphatic carbocycles. The van der Waals surface area contributed by atoms with Gasteiger partial charge in [-0.1, -0.05) is 26.0 Å². The van der Waals surface area contributed by atoms with E-state index in [1.165, 1.54) is 0 Å². The van der Waals surface area contributed by atoms with E-state index in [0.29, 0.717) is 5.92 Å². The second-order valence-electron chi connectivity index (χ2n) is 3.82. The van der Waals surface area contributed by atoms with Gasteiger partial charge in [0.05, 0.1) is 12.3 Å². The lowest BCUT2D eigenvalue weighted by Crippen LogP contribution is -2.10. The van der Waals surface area contributed by atoms with Crippen molar-refractivity contribution in [3.8, 4) is 0 Å². The first-order valence-electron chi connectivity index (χ1n) is 5.81. The van der Waals surface area contributed by atoms with E-state index >= 15 is 0 Å². The molecular weight excluding hydrogens is 190 g/mol. The van der Waals surface area contributed by atoms with Crippen LogP contribution in [0.4, 0.5) is 0 Å². The molecule has 15 heavy (non-hydrogen) atoms. The highest BCUT2D eigenvalue weighted by molar-refractivity contribution is 5.14. The molecule has 86 valence electrons. The molecule has 1 heterocycles. The van der Waals surface area contributed by atoms with Crippen molar-refractivity contribution in [1.29, 1.82) is 0 Å². The fraction of sp³-hybridized carbons (Fsp3) is 0.818. The van der Waals surface area contributed by atoms with E-state index in [2.05, 4.69) is 31.1 Å². The summed E-state index contributed by atoms with van der Waals surface area (Å²) in [6.07, 6.45) is 3.18. The van der Waals surface area contributed by atoms with Gasteiger partial charge >= 0.3 is 0 Å². The number of hydrogen-bond acceptors (Lipinski definition) is 3. The number of aliphatic hydroxyl groups is 1. The highest BCUT2D eigenvalue weighted by Gasteiger charge is 2.18. The number of rotatable bonds is 6. The van der Waals surface area contributed by atoms with Crippen molar-refractivity contribution in [2.75, 3.05) is 0 Å². The van der Waals surface area contributed by atoms with E-state index in [-0.39, 0.29) is 6.61 Å². The van der Waals surface area contributed by atoms with Crippen LogP contribution in [0.2, 0.25) is 0 Å². The average molecular weight is 211 g/mol. The third-order valence-electron chi connectivity index (χ3n) is 2.80. The molecule has 1 N–H and O–H groups in total. The molecule has 0 radical (unpaired) electrons. The largest absolute Gasteiger partial charge is 0.390 e. The number of hydrogen-bond donors (Lipinski definition) is 1. The van der Waals surface area contributed by atoms with Crippen LogP contribution in [0.15, 0.2) is 0 Å². The fourth-order valence-corrected chi connectivity index (χ4v) is 1.97. The Labute approximate surface area is 91.3 Å². The van der Waals surface area contributed by atoms with Crippen molar-refractivity contribution in [2.45, 2.75) is 59.1 Å². The van der Waals surface area contributed by atoms with E-state index in [4.69, 9.17) is 0 Å². The van der Waals surface area contributed by atoms with Gasteiger partial charge in [0.2, 0.25) is 0 Å². The van der Waals surface area contributed by atoms with Gasteiger partial charge < -0.3 is 5.11 Å². The summed E-state index contributed by atoms with van der Waals surface area (Å²) in [5, 5.41) is 17.4. The second-order valence-corrected chi connectivity index (χ2v) is 3.82. The van der Waals surface area contributed by atoms with E-state index in [9.17, 15) is 5.11 Å². The molecule has 0 atom stereocenters. The Bertz CT molecular complexity index is 292. The van der Waals surface area contributed by atoms with Crippen molar-refractivity contribution in [3.05, 3.63) is 11.4 Å². The van der Waals surface area contributed by atoms with Gasteiger partial charge in [-0.2, -0.15) is 0 Å². The average Bonchev–Trinajstić information content (AvgIpc) is 2.64. The zero-order chi connectivity index (χ0) is 11.3. The normalized spacial score (nSPS) is 11.3. The predicted molar refractivity (Wildman–Crippen MR) is 59.6 cm³/mol. The molecule has 0 aromatic carbocycles. The Morgan fingerprint density at radius 2 is 1.93 bits per heavy atom. The molecule has 0 saturated carbocycles. The monoisotopic (exact) mass is 211 g/mol. The van der Waals surface area contributed by atoms with Gasteiger partial charge in [-0.05, 0) is 19.3 Å². The zero-order valence-electron chi connectivity index (χ0n) is 9.90. The van der Waals surface area contributed by atoms with Crippen LogP contribution in [-0.2, 0) is 13.2 Å². The molecule has 1 rings (SSSR count). The lowest BCUT2D eigenvalue weighted by Gasteiger charge is -2.15. The van der Waals surface area contributed by atoms with Gasteiger partial charge in [0, 0.05) is 12.5 Å². The molecule has 0 bridgehead atoms. The minimum Gasteiger partial charge on any atom is -0.390 e. The summed E-state index contributed by atoms with van der Waals surface area (Å²) in [6.45, 7) is 7.34. The number of aromatic nitrogens is 3. The molecule has 1 aromatic rings. The first-order chi connectivity index (χ1) is 7.28. The SMILES string of the molecule is CCCn1nnc(CO)c1C(CC)CC. The van der Waals surface area contributed by atoms with Crippen LogP contribution in [0.1, 0.15) is 57.3 Å². The second kappa shape index (κ2) is 5.85. The van der Waals surface area contributed by atoms with Crippen molar-refractivity contribution in [2.24, 2.45) is 0 Å². The van der Waals surface area contributed by atoms with Gasteiger partial charge in [0.25, 0.3) is 0 Å². The van der Waals surface area contributed by atoms with Crippen molar-refractivity contribution in [1.82, 2.24) is 15.0 Å². The summed E-state index contributed by atoms with van der Waals surface area (Å²) >= 11 is 0. The number of aryl methyl sites for hydroxylation is 1. The topological polar surface area (TPSA) is 50.9 Å². The Hall–Kier alpha value is -0.900. The minimum absolute atomic E-state index is 0.00442. The zero-order valence-corrected chi connectivity index (χ0v) is 9.90. The molecule has 0 aliphatic rings. The standard InChI is InChI=1S/C11H21N3O/c1-4-7-14-11(9(5-2)6-3)10(8-15)12-13-14/h9,15H,4-8H2,1-3H3. The molecule has 0 aliphatic heterocycles. The predicted octanol–water partition coefficient (Wildman–Crippen LogP) is 2.08. The molecule has 0 fully saturated rings. The summed E-state index contributed by atoms with van der Waals surface area (Å²) in [7, 11) is 0. The van der Waals surface area contributed by atoms with Gasteiger partial charge in [-0.25, -0.2) is 4.68 Å². The highest BCUT2D eigenvalue weighted by atomic mass is 16.3. The van der Waals surface area contributed by atoms with Crippen LogP contribution in [-0.4, -0.2) is 20.1 Å². The summed E-state index contributed by atoms with van der Waals surface area (Å²) in [5.41, 5.74) is 1.88. The Morgan fingerprint density at radius 3 is 2.40 bits per heavy atom. The Kier molecular flexibility index (Phi) is 4.75. The van der Waals surface area contributed by atoms with Crippen molar-refractivity contribution >= 4 is 0 Å². The van der Waals surface area contributed by atoms with Crippen LogP contribution in [0.5, 0.6) is 0 Å². The minimum atomic E-state index is -0.00442. The van der Waals surface area contributed by atoms with E-state index in [0.717, 1.165) is 37.2 Å². The Balaban J connectivity index is 3.02. The van der Waals surface area contributed by atoms with Crippen molar-refractivity contribution in [3.63, 3.8) is 0 Å². The summed E-state index contributed by atoms with van der Waals surface area (Å²) in [6, 6.07) is 0. The molecular formula is C11H21N3O. The Morgan fingerprint density at radius 1 is 1.27 bits per heavy atom. The lowest BCUT2D eigenvalue weighted by molar-refractivity contribution is 0.274. The first kappa shape index (κ1) is 12.2. The van der Waals surface area contributed by atoms with Crippen LogP contribution in [0, 0.1) is 0 Å². The maximum absolute atomic E-state index is 9.22. The maximum atomic E-state index is 9.22. The van der Waals surface area contributed by atoms with E-state index < -0.39 is 0 Å². The van der Waals surface area contributed by atoms with E-state index in [1.807, 2.05) is 4.68 Å². The van der Waals surface area contributed by atoms with Gasteiger partial charge in [-0.3, -0.25) is 0 Å². The van der Waals surface area contributed by atoms with Crippen molar-refractivity contribution < 1.29 is 5.11 Å². The van der Waals surface area contributed by atoms with Crippen LogP contribution in [0.3, 0.4) is 0 Å². The van der Waals surface area contributed by atoms with E-state index in [1.54, 1.807) is 0 Å². The molecule has 0 amide bonds. The molecule has 0 unspecified atom stereocenters. The van der Waals surface area contributed by atoms with Gasteiger partial charge in [0.15, 0.2) is 0 Å². The quantitative estimate of drug-likeness (QED) is 0.783. The smallest absolute Gasteiger partial charge is 0.112 e. The lowest BCUT2D eigenvalue weighted by atomic mass is 9.97. The van der Waals surface area contributed by atoms with Gasteiger partial charge in [0.1, 0.15) is 5.69 Å². The molecule has 4 heteroatoms. The fourth-order valence-electron chi connectivity index (χ4n) is 1.97. The molecule has 1 aromatic heterocycles. The van der Waals surface area contributed by atoms with Crippen LogP contribution >= 0.6 is 0 Å². The first-order valence-corrected chi connectivity index (χ1v) is 5.81. The number of nitrogens with zero attached hydrogens (tertiary/aromatic N) is 3. The third-order valence-corrected chi connectivity index (χ3v) is 2.80. The molecule has 0 spiro atoms. The van der Waals surface area contributed by atoms with Crippen LogP contribution in [0.25, 0.3) is 0 Å². The molecule has 4 nitrogen and oxygen atoms in total. The third kappa shape index (κ3) is 2.56. The summed E-state index contributed by atoms with van der Waals surface area (Å²) < 4.78 is 1.95. The summed E-state index contributed by atoms with van der Waals surface area (Å²) in [5.74, 6) is 0.466. The van der Waals surface area contributed by atoms with Crippen LogP contribution < -0.4 is 0 Å². The maximum Gasteiger partial charge on any atom is 0.112 e. The number of aliphatic hydroxyl groups excluding tert-OH is 1. The van der Waals surface area contributed by atoms with Gasteiger partial charge in [-0.15, -0.1) is 5.10 Å². The molecule has 0 saturated heterocycles.